The number of nitrogens with one attached hydrogen (secondary N) is 1. The van der Waals surface area contributed by atoms with Gasteiger partial charge in [0.25, 0.3) is 5.91 Å². The molecule has 0 spiro atoms. The van der Waals surface area contributed by atoms with Gasteiger partial charge in [-0.05, 0) is 30.9 Å². The van der Waals surface area contributed by atoms with Crippen molar-refractivity contribution in [1.29, 1.82) is 0 Å². The summed E-state index contributed by atoms with van der Waals surface area (Å²) in [5, 5.41) is 11.6. The Balaban J connectivity index is 2.05. The van der Waals surface area contributed by atoms with Crippen molar-refractivity contribution in [3.8, 4) is 11.8 Å². The topological polar surface area (TPSA) is 49.3 Å². The molecule has 2 rings (SSSR count). The lowest BCUT2D eigenvalue weighted by atomic mass is 10.1. The Kier molecular flexibility index (Phi) is 4.38. The van der Waals surface area contributed by atoms with Crippen molar-refractivity contribution in [1.82, 2.24) is 5.32 Å². The molecular weight excluding hydrogens is 226 g/mol. The second-order valence-electron chi connectivity index (χ2n) is 4.47. The standard InChI is InChI=1S/C15H17NO2/c17-10-4-3-6-13-5-1-2-7-14(13)15(18)16-11-12-8-9-12/h1-2,5,7,12,17H,4,8-11H2,(H,16,18). The molecule has 0 bridgehead atoms. The van der Waals surface area contributed by atoms with Crippen LogP contribution in [0.15, 0.2) is 24.3 Å². The highest BCUT2D eigenvalue weighted by Crippen LogP contribution is 2.27. The molecule has 0 heterocycles. The first-order valence-electron chi connectivity index (χ1n) is 6.28. The summed E-state index contributed by atoms with van der Waals surface area (Å²) >= 11 is 0. The zero-order chi connectivity index (χ0) is 12.8. The quantitative estimate of drug-likeness (QED) is 0.788. The summed E-state index contributed by atoms with van der Waals surface area (Å²) in [4.78, 5) is 12.0. The third-order valence-electron chi connectivity index (χ3n) is 2.88. The Morgan fingerprint density at radius 2 is 2.17 bits per heavy atom. The second kappa shape index (κ2) is 6.23. The number of aliphatic hydroxyl groups is 1. The Bertz CT molecular complexity index is 481. The van der Waals surface area contributed by atoms with Gasteiger partial charge in [0.05, 0.1) is 12.2 Å². The summed E-state index contributed by atoms with van der Waals surface area (Å²) in [6, 6.07) is 7.31. The van der Waals surface area contributed by atoms with Crippen LogP contribution in [0, 0.1) is 17.8 Å². The fourth-order valence-corrected chi connectivity index (χ4v) is 1.66. The van der Waals surface area contributed by atoms with Crippen molar-refractivity contribution in [3.05, 3.63) is 35.4 Å². The van der Waals surface area contributed by atoms with E-state index >= 15 is 0 Å². The van der Waals surface area contributed by atoms with Crippen LogP contribution in [0.2, 0.25) is 0 Å². The molecule has 0 atom stereocenters. The molecule has 1 aromatic carbocycles. The fourth-order valence-electron chi connectivity index (χ4n) is 1.66. The molecule has 94 valence electrons. The molecule has 3 heteroatoms. The number of aliphatic hydroxyl groups excluding tert-OH is 1. The highest BCUT2D eigenvalue weighted by Gasteiger charge is 2.22. The Morgan fingerprint density at radius 1 is 1.39 bits per heavy atom. The average molecular weight is 243 g/mol. The molecule has 0 unspecified atom stereocenters. The van der Waals surface area contributed by atoms with E-state index < -0.39 is 0 Å². The number of carbonyl (C=O) groups is 1. The largest absolute Gasteiger partial charge is 0.395 e. The highest BCUT2D eigenvalue weighted by molar-refractivity contribution is 5.96. The molecule has 1 amide bonds. The molecule has 1 fully saturated rings. The molecule has 1 aliphatic carbocycles. The zero-order valence-electron chi connectivity index (χ0n) is 10.3. The van der Waals surface area contributed by atoms with E-state index in [1.54, 1.807) is 6.07 Å². The van der Waals surface area contributed by atoms with Crippen LogP contribution in [0.3, 0.4) is 0 Å². The molecule has 0 aliphatic heterocycles. The molecule has 0 saturated heterocycles. The molecule has 1 aromatic rings. The zero-order valence-corrected chi connectivity index (χ0v) is 10.3. The van der Waals surface area contributed by atoms with Gasteiger partial charge in [0.2, 0.25) is 0 Å². The molecule has 0 aromatic heterocycles. The third kappa shape index (κ3) is 3.61. The lowest BCUT2D eigenvalue weighted by molar-refractivity contribution is 0.0951. The van der Waals surface area contributed by atoms with E-state index in [9.17, 15) is 4.79 Å². The van der Waals surface area contributed by atoms with Gasteiger partial charge in [-0.25, -0.2) is 0 Å². The van der Waals surface area contributed by atoms with Gasteiger partial charge < -0.3 is 10.4 Å². The smallest absolute Gasteiger partial charge is 0.252 e. The molecule has 0 radical (unpaired) electrons. The first-order chi connectivity index (χ1) is 8.81. The average Bonchev–Trinajstić information content (AvgIpc) is 3.21. The van der Waals surface area contributed by atoms with E-state index in [1.807, 2.05) is 18.2 Å². The van der Waals surface area contributed by atoms with Crippen LogP contribution in [0.25, 0.3) is 0 Å². The van der Waals surface area contributed by atoms with Gasteiger partial charge >= 0.3 is 0 Å². The van der Waals surface area contributed by atoms with Gasteiger partial charge in [-0.2, -0.15) is 0 Å². The Morgan fingerprint density at radius 3 is 2.89 bits per heavy atom. The number of benzene rings is 1. The Hall–Kier alpha value is -1.79. The van der Waals surface area contributed by atoms with Crippen molar-refractivity contribution in [2.45, 2.75) is 19.3 Å². The summed E-state index contributed by atoms with van der Waals surface area (Å²) in [5.74, 6) is 6.38. The first kappa shape index (κ1) is 12.7. The number of amides is 1. The molecule has 2 N–H and O–H groups in total. The summed E-state index contributed by atoms with van der Waals surface area (Å²) in [7, 11) is 0. The number of rotatable bonds is 4. The van der Waals surface area contributed by atoms with Gasteiger partial charge in [0.1, 0.15) is 0 Å². The van der Waals surface area contributed by atoms with Crippen molar-refractivity contribution < 1.29 is 9.90 Å². The normalized spacial score (nSPS) is 13.6. The van der Waals surface area contributed by atoms with Crippen molar-refractivity contribution in [2.24, 2.45) is 5.92 Å². The maximum absolute atomic E-state index is 12.0. The monoisotopic (exact) mass is 243 g/mol. The minimum absolute atomic E-state index is 0.0447. The first-order valence-corrected chi connectivity index (χ1v) is 6.28. The molecule has 18 heavy (non-hydrogen) atoms. The summed E-state index contributed by atoms with van der Waals surface area (Å²) in [6.45, 7) is 0.806. The van der Waals surface area contributed by atoms with Gasteiger partial charge in [-0.3, -0.25) is 4.79 Å². The minimum Gasteiger partial charge on any atom is -0.395 e. The van der Waals surface area contributed by atoms with Crippen LogP contribution in [0.5, 0.6) is 0 Å². The van der Waals surface area contributed by atoms with E-state index in [0.29, 0.717) is 17.9 Å². The summed E-state index contributed by atoms with van der Waals surface area (Å²) in [5.41, 5.74) is 1.34. The van der Waals surface area contributed by atoms with Crippen molar-refractivity contribution in [2.75, 3.05) is 13.2 Å². The summed E-state index contributed by atoms with van der Waals surface area (Å²) in [6.07, 6.45) is 2.87. The molecular formula is C15H17NO2. The lowest BCUT2D eigenvalue weighted by Crippen LogP contribution is -2.26. The van der Waals surface area contributed by atoms with Gasteiger partial charge in [-0.1, -0.05) is 24.0 Å². The van der Waals surface area contributed by atoms with Crippen LogP contribution >= 0.6 is 0 Å². The van der Waals surface area contributed by atoms with Crippen LogP contribution in [0.1, 0.15) is 35.2 Å². The number of hydrogen-bond donors (Lipinski definition) is 2. The Labute approximate surface area is 107 Å². The third-order valence-corrected chi connectivity index (χ3v) is 2.88. The number of carbonyl (C=O) groups excluding carboxylic acids is 1. The van der Waals surface area contributed by atoms with Gasteiger partial charge in [0, 0.05) is 18.5 Å². The van der Waals surface area contributed by atoms with E-state index in [4.69, 9.17) is 5.11 Å². The predicted molar refractivity (Wildman–Crippen MR) is 70.1 cm³/mol. The van der Waals surface area contributed by atoms with Crippen LogP contribution in [-0.2, 0) is 0 Å². The lowest BCUT2D eigenvalue weighted by Gasteiger charge is -2.05. The van der Waals surface area contributed by atoms with Gasteiger partial charge in [-0.15, -0.1) is 0 Å². The predicted octanol–water partition coefficient (Wildman–Crippen LogP) is 1.56. The van der Waals surface area contributed by atoms with Crippen LogP contribution in [-0.4, -0.2) is 24.2 Å². The number of hydrogen-bond acceptors (Lipinski definition) is 2. The van der Waals surface area contributed by atoms with Crippen molar-refractivity contribution in [3.63, 3.8) is 0 Å². The van der Waals surface area contributed by atoms with E-state index in [1.165, 1.54) is 12.8 Å². The van der Waals surface area contributed by atoms with E-state index in [-0.39, 0.29) is 12.5 Å². The fraction of sp³-hybridized carbons (Fsp3) is 0.400. The molecule has 1 saturated carbocycles. The molecule has 1 aliphatic rings. The van der Waals surface area contributed by atoms with Crippen LogP contribution < -0.4 is 5.32 Å². The van der Waals surface area contributed by atoms with Crippen LogP contribution in [0.4, 0.5) is 0 Å². The highest BCUT2D eigenvalue weighted by atomic mass is 16.2. The molecule has 3 nitrogen and oxygen atoms in total. The van der Waals surface area contributed by atoms with E-state index in [0.717, 1.165) is 12.1 Å². The van der Waals surface area contributed by atoms with E-state index in [2.05, 4.69) is 17.2 Å². The van der Waals surface area contributed by atoms with Gasteiger partial charge in [0.15, 0.2) is 0 Å². The second-order valence-corrected chi connectivity index (χ2v) is 4.47. The maximum Gasteiger partial charge on any atom is 0.252 e. The summed E-state index contributed by atoms with van der Waals surface area (Å²) < 4.78 is 0. The SMILES string of the molecule is O=C(NCC1CC1)c1ccccc1C#CCCO. The maximum atomic E-state index is 12.0. The minimum atomic E-state index is -0.0594. The van der Waals surface area contributed by atoms with Crippen molar-refractivity contribution >= 4 is 5.91 Å².